The van der Waals surface area contributed by atoms with E-state index in [9.17, 15) is 34.5 Å². The van der Waals surface area contributed by atoms with Crippen molar-refractivity contribution in [3.63, 3.8) is 0 Å². The van der Waals surface area contributed by atoms with E-state index in [1.165, 1.54) is 0 Å². The molecule has 0 aromatic carbocycles. The summed E-state index contributed by atoms with van der Waals surface area (Å²) in [5.41, 5.74) is 5.26. The van der Waals surface area contributed by atoms with Crippen LogP contribution in [-0.2, 0) is 19.2 Å². The van der Waals surface area contributed by atoms with Gasteiger partial charge in [0.1, 0.15) is 12.1 Å². The number of ketones is 4. The number of Topliss-reactive ketones (excluding diaryl/α,β-unsaturated/α-hetero) is 4. The monoisotopic (exact) mass is 301 g/mol. The molecule has 0 bridgehead atoms. The zero-order chi connectivity index (χ0) is 17.0. The van der Waals surface area contributed by atoms with Crippen LogP contribution in [0.1, 0.15) is 20.8 Å². The summed E-state index contributed by atoms with van der Waals surface area (Å²) < 4.78 is 0. The van der Waals surface area contributed by atoms with Crippen LogP contribution in [0.3, 0.4) is 0 Å². The Labute approximate surface area is 119 Å². The van der Waals surface area contributed by atoms with Crippen LogP contribution >= 0.6 is 0 Å². The SMILES string of the molecule is CC(=O)C(=O)[C@@](O)(C(C)=O)[C@H](N=[N+]=[N-])[C@H](O)C(O)C(C)=O. The molecule has 0 aromatic rings. The molecule has 0 radical (unpaired) electrons. The van der Waals surface area contributed by atoms with Gasteiger partial charge in [0.05, 0.1) is 6.10 Å². The van der Waals surface area contributed by atoms with Crippen molar-refractivity contribution in [1.82, 2.24) is 0 Å². The minimum absolute atomic E-state index is 0.730. The number of aliphatic hydroxyl groups excluding tert-OH is 2. The van der Waals surface area contributed by atoms with Gasteiger partial charge in [-0.05, 0) is 19.4 Å². The van der Waals surface area contributed by atoms with E-state index in [-0.39, 0.29) is 0 Å². The van der Waals surface area contributed by atoms with E-state index in [0.717, 1.165) is 20.8 Å². The number of nitrogens with zero attached hydrogens (tertiary/aromatic N) is 3. The highest BCUT2D eigenvalue weighted by Crippen LogP contribution is 2.23. The summed E-state index contributed by atoms with van der Waals surface area (Å²) in [6.07, 6.45) is -4.37. The number of carbonyl (C=O) groups is 4. The molecule has 0 saturated carbocycles. The Balaban J connectivity index is 6.06. The first-order chi connectivity index (χ1) is 9.51. The first-order valence-electron chi connectivity index (χ1n) is 5.71. The number of aliphatic hydroxyl groups is 3. The van der Waals surface area contributed by atoms with Crippen LogP contribution in [0.5, 0.6) is 0 Å². The van der Waals surface area contributed by atoms with Crippen LogP contribution in [0.2, 0.25) is 0 Å². The maximum atomic E-state index is 11.7. The summed E-state index contributed by atoms with van der Waals surface area (Å²) in [6.45, 7) is 2.38. The number of azide groups is 1. The summed E-state index contributed by atoms with van der Waals surface area (Å²) in [7, 11) is 0. The Morgan fingerprint density at radius 2 is 1.62 bits per heavy atom. The molecule has 0 aliphatic heterocycles. The minimum Gasteiger partial charge on any atom is -0.389 e. The third kappa shape index (κ3) is 3.70. The van der Waals surface area contributed by atoms with Gasteiger partial charge in [-0.2, -0.15) is 0 Å². The zero-order valence-electron chi connectivity index (χ0n) is 11.5. The number of hydrogen-bond acceptors (Lipinski definition) is 8. The maximum Gasteiger partial charge on any atom is 0.237 e. The zero-order valence-corrected chi connectivity index (χ0v) is 11.5. The molecule has 3 N–H and O–H groups in total. The molecule has 0 rings (SSSR count). The summed E-state index contributed by atoms with van der Waals surface area (Å²) >= 11 is 0. The van der Waals surface area contributed by atoms with Gasteiger partial charge in [0.25, 0.3) is 0 Å². The van der Waals surface area contributed by atoms with Crippen LogP contribution in [-0.4, -0.2) is 62.3 Å². The van der Waals surface area contributed by atoms with Crippen LogP contribution in [0.15, 0.2) is 5.11 Å². The van der Waals surface area contributed by atoms with Gasteiger partial charge in [-0.15, -0.1) is 0 Å². The molecule has 0 aromatic heterocycles. The van der Waals surface area contributed by atoms with E-state index in [2.05, 4.69) is 10.0 Å². The molecule has 0 saturated heterocycles. The van der Waals surface area contributed by atoms with Crippen LogP contribution in [0, 0.1) is 0 Å². The smallest absolute Gasteiger partial charge is 0.237 e. The van der Waals surface area contributed by atoms with E-state index >= 15 is 0 Å². The molecular formula is C11H15N3O7. The van der Waals surface area contributed by atoms with Gasteiger partial charge in [-0.1, -0.05) is 5.11 Å². The van der Waals surface area contributed by atoms with Gasteiger partial charge in [0.2, 0.25) is 5.78 Å². The van der Waals surface area contributed by atoms with E-state index < -0.39 is 47.0 Å². The van der Waals surface area contributed by atoms with Crippen LogP contribution in [0.4, 0.5) is 0 Å². The maximum absolute atomic E-state index is 11.7. The second-order valence-corrected chi connectivity index (χ2v) is 4.40. The molecule has 116 valence electrons. The van der Waals surface area contributed by atoms with Crippen LogP contribution in [0.25, 0.3) is 10.4 Å². The number of rotatable bonds is 8. The molecular weight excluding hydrogens is 286 g/mol. The third-order valence-electron chi connectivity index (χ3n) is 2.87. The summed E-state index contributed by atoms with van der Waals surface area (Å²) in [5, 5.41) is 32.3. The average Bonchev–Trinajstić information content (AvgIpc) is 2.40. The quantitative estimate of drug-likeness (QED) is 0.160. The second kappa shape index (κ2) is 7.04. The van der Waals surface area contributed by atoms with E-state index in [1.807, 2.05) is 0 Å². The van der Waals surface area contributed by atoms with E-state index in [4.69, 9.17) is 5.53 Å². The van der Waals surface area contributed by atoms with Gasteiger partial charge in [0.15, 0.2) is 23.0 Å². The third-order valence-corrected chi connectivity index (χ3v) is 2.87. The molecule has 0 spiro atoms. The standard InChI is InChI=1S/C11H15N3O7/c1-4(15)7(18)8(19)9(13-14-12)11(21,6(3)17)10(20)5(2)16/h7-9,18-19,21H,1-3H3/t7?,8-,9-,11-/m1/s1. The summed E-state index contributed by atoms with van der Waals surface area (Å²) in [5.74, 6) is -5.09. The highest BCUT2D eigenvalue weighted by molar-refractivity contribution is 6.44. The topological polar surface area (TPSA) is 178 Å². The molecule has 10 heteroatoms. The van der Waals surface area contributed by atoms with Crippen molar-refractivity contribution in [3.05, 3.63) is 10.4 Å². The number of hydrogen-bond donors (Lipinski definition) is 3. The molecule has 1 unspecified atom stereocenters. The van der Waals surface area contributed by atoms with Crippen LogP contribution < -0.4 is 0 Å². The van der Waals surface area contributed by atoms with Crippen molar-refractivity contribution >= 4 is 23.1 Å². The van der Waals surface area contributed by atoms with Crippen molar-refractivity contribution in [1.29, 1.82) is 0 Å². The average molecular weight is 301 g/mol. The van der Waals surface area contributed by atoms with Crippen molar-refractivity contribution in [3.8, 4) is 0 Å². The van der Waals surface area contributed by atoms with Gasteiger partial charge in [-0.3, -0.25) is 19.2 Å². The Kier molecular flexibility index (Phi) is 6.33. The fourth-order valence-electron chi connectivity index (χ4n) is 1.64. The Hall–Kier alpha value is -2.13. The molecule has 10 nitrogen and oxygen atoms in total. The normalized spacial score (nSPS) is 17.6. The molecule has 21 heavy (non-hydrogen) atoms. The van der Waals surface area contributed by atoms with Crippen molar-refractivity contribution < 1.29 is 34.5 Å². The molecule has 0 fully saturated rings. The first-order valence-corrected chi connectivity index (χ1v) is 5.71. The molecule has 0 aliphatic carbocycles. The number of carbonyl (C=O) groups excluding carboxylic acids is 4. The second-order valence-electron chi connectivity index (χ2n) is 4.40. The lowest BCUT2D eigenvalue weighted by atomic mass is 9.80. The molecule has 0 aliphatic rings. The predicted octanol–water partition coefficient (Wildman–Crippen LogP) is -1.55. The Bertz CT molecular complexity index is 526. The largest absolute Gasteiger partial charge is 0.389 e. The van der Waals surface area contributed by atoms with Gasteiger partial charge in [-0.25, -0.2) is 0 Å². The van der Waals surface area contributed by atoms with Crippen molar-refractivity contribution in [2.45, 2.75) is 44.6 Å². The minimum atomic E-state index is -3.17. The first kappa shape index (κ1) is 18.9. The summed E-state index contributed by atoms with van der Waals surface area (Å²) in [6, 6.07) is -2.24. The molecule has 0 heterocycles. The van der Waals surface area contributed by atoms with Gasteiger partial charge < -0.3 is 15.3 Å². The van der Waals surface area contributed by atoms with Gasteiger partial charge in [0, 0.05) is 11.8 Å². The fraction of sp³-hybridized carbons (Fsp3) is 0.636. The Morgan fingerprint density at radius 3 is 1.90 bits per heavy atom. The highest BCUT2D eigenvalue weighted by atomic mass is 16.3. The predicted molar refractivity (Wildman–Crippen MR) is 66.9 cm³/mol. The van der Waals surface area contributed by atoms with Crippen molar-refractivity contribution in [2.75, 3.05) is 0 Å². The van der Waals surface area contributed by atoms with Gasteiger partial charge >= 0.3 is 0 Å². The highest BCUT2D eigenvalue weighted by Gasteiger charge is 2.54. The fourth-order valence-corrected chi connectivity index (χ4v) is 1.64. The lowest BCUT2D eigenvalue weighted by Gasteiger charge is -2.33. The lowest BCUT2D eigenvalue weighted by Crippen LogP contribution is -2.62. The van der Waals surface area contributed by atoms with E-state index in [1.54, 1.807) is 0 Å². The van der Waals surface area contributed by atoms with E-state index in [0.29, 0.717) is 0 Å². The molecule has 4 atom stereocenters. The Morgan fingerprint density at radius 1 is 1.14 bits per heavy atom. The lowest BCUT2D eigenvalue weighted by molar-refractivity contribution is -0.162. The summed E-state index contributed by atoms with van der Waals surface area (Å²) in [4.78, 5) is 47.7. The van der Waals surface area contributed by atoms with Crippen molar-refractivity contribution in [2.24, 2.45) is 5.11 Å². The molecule has 0 amide bonds.